The van der Waals surface area contributed by atoms with Gasteiger partial charge in [-0.1, -0.05) is 6.07 Å². The Hall–Kier alpha value is -1.92. The molecule has 4 rings (SSSR count). The Balaban J connectivity index is 1.49. The lowest BCUT2D eigenvalue weighted by atomic mass is 10.1. The van der Waals surface area contributed by atoms with E-state index in [1.807, 2.05) is 17.0 Å². The topological polar surface area (TPSA) is 45.7 Å². The highest BCUT2D eigenvalue weighted by molar-refractivity contribution is 7.10. The van der Waals surface area contributed by atoms with Crippen LogP contribution in [0.5, 0.6) is 0 Å². The highest BCUT2D eigenvalue weighted by Crippen LogP contribution is 2.35. The fourth-order valence-electron chi connectivity index (χ4n) is 3.44. The van der Waals surface area contributed by atoms with Gasteiger partial charge in [0.15, 0.2) is 0 Å². The molecule has 1 atom stereocenters. The molecule has 1 amide bonds. The van der Waals surface area contributed by atoms with Crippen LogP contribution in [0.3, 0.4) is 0 Å². The Kier molecular flexibility index (Phi) is 4.49. The minimum absolute atomic E-state index is 0.0897. The third-order valence-corrected chi connectivity index (χ3v) is 5.69. The predicted octanol–water partition coefficient (Wildman–Crippen LogP) is 2.96. The molecule has 5 nitrogen and oxygen atoms in total. The molecule has 2 aromatic heterocycles. The van der Waals surface area contributed by atoms with Gasteiger partial charge in [0.05, 0.1) is 24.8 Å². The van der Waals surface area contributed by atoms with Crippen LogP contribution in [0.2, 0.25) is 0 Å². The molecular weight excluding hydrogens is 322 g/mol. The number of thiophene rings is 1. The maximum Gasteiger partial charge on any atom is 0.255 e. The van der Waals surface area contributed by atoms with Crippen LogP contribution in [0, 0.1) is 0 Å². The van der Waals surface area contributed by atoms with Gasteiger partial charge in [-0.25, -0.2) is 4.98 Å². The van der Waals surface area contributed by atoms with Crippen molar-refractivity contribution < 1.29 is 9.53 Å². The van der Waals surface area contributed by atoms with Crippen molar-refractivity contribution in [1.82, 2.24) is 9.88 Å². The largest absolute Gasteiger partial charge is 0.378 e. The molecule has 2 aliphatic rings. The highest BCUT2D eigenvalue weighted by Gasteiger charge is 2.31. The van der Waals surface area contributed by atoms with Crippen LogP contribution in [-0.4, -0.2) is 48.6 Å². The van der Waals surface area contributed by atoms with Crippen LogP contribution in [0.15, 0.2) is 35.8 Å². The van der Waals surface area contributed by atoms with Crippen molar-refractivity contribution in [3.63, 3.8) is 0 Å². The second kappa shape index (κ2) is 6.91. The van der Waals surface area contributed by atoms with E-state index in [9.17, 15) is 4.79 Å². The number of carbonyl (C=O) groups is 1. The Morgan fingerprint density at radius 3 is 2.79 bits per heavy atom. The molecule has 0 unspecified atom stereocenters. The molecule has 24 heavy (non-hydrogen) atoms. The summed E-state index contributed by atoms with van der Waals surface area (Å²) in [5.41, 5.74) is 0.676. The molecule has 0 saturated carbocycles. The smallest absolute Gasteiger partial charge is 0.255 e. The first-order chi connectivity index (χ1) is 11.8. The van der Waals surface area contributed by atoms with Gasteiger partial charge in [-0.3, -0.25) is 4.79 Å². The summed E-state index contributed by atoms with van der Waals surface area (Å²) in [5.74, 6) is 1.01. The van der Waals surface area contributed by atoms with Gasteiger partial charge >= 0.3 is 0 Å². The first-order valence-corrected chi connectivity index (χ1v) is 9.34. The molecule has 0 radical (unpaired) electrons. The van der Waals surface area contributed by atoms with Crippen molar-refractivity contribution in [1.29, 1.82) is 0 Å². The maximum atomic E-state index is 12.9. The lowest BCUT2D eigenvalue weighted by Gasteiger charge is -2.28. The van der Waals surface area contributed by atoms with E-state index >= 15 is 0 Å². The molecule has 126 valence electrons. The zero-order valence-electron chi connectivity index (χ0n) is 13.6. The van der Waals surface area contributed by atoms with E-state index in [2.05, 4.69) is 27.4 Å². The van der Waals surface area contributed by atoms with Crippen LogP contribution in [0.25, 0.3) is 0 Å². The van der Waals surface area contributed by atoms with Gasteiger partial charge in [-0.05, 0) is 36.4 Å². The van der Waals surface area contributed by atoms with Crippen LogP contribution in [0.4, 0.5) is 5.82 Å². The number of aromatic nitrogens is 1. The van der Waals surface area contributed by atoms with Gasteiger partial charge in [0.25, 0.3) is 5.91 Å². The quantitative estimate of drug-likeness (QED) is 0.860. The molecular formula is C18H21N3O2S. The molecule has 0 aromatic carbocycles. The van der Waals surface area contributed by atoms with Gasteiger partial charge in [-0.15, -0.1) is 11.3 Å². The molecule has 2 aromatic rings. The zero-order valence-corrected chi connectivity index (χ0v) is 14.4. The summed E-state index contributed by atoms with van der Waals surface area (Å²) in [6.07, 6.45) is 3.83. The standard InChI is InChI=1S/C18H21N3O2S/c22-18(21-7-1-3-15(21)16-4-2-12-24-16)14-5-6-17(19-13-14)20-8-10-23-11-9-20/h2,4-6,12-13,15H,1,3,7-11H2/t15-/m0/s1. The highest BCUT2D eigenvalue weighted by atomic mass is 32.1. The molecule has 2 saturated heterocycles. The van der Waals surface area contributed by atoms with Crippen LogP contribution >= 0.6 is 11.3 Å². The first kappa shape index (κ1) is 15.6. The van der Waals surface area contributed by atoms with Crippen molar-refractivity contribution in [3.05, 3.63) is 46.3 Å². The van der Waals surface area contributed by atoms with Gasteiger partial charge in [0.1, 0.15) is 5.82 Å². The SMILES string of the molecule is O=C(c1ccc(N2CCOCC2)nc1)N1CCC[C@H]1c1cccs1. The number of pyridine rings is 1. The number of carbonyl (C=O) groups excluding carboxylic acids is 1. The van der Waals surface area contributed by atoms with Gasteiger partial charge in [0.2, 0.25) is 0 Å². The lowest BCUT2D eigenvalue weighted by Crippen LogP contribution is -2.36. The number of hydrogen-bond acceptors (Lipinski definition) is 5. The number of nitrogens with zero attached hydrogens (tertiary/aromatic N) is 3. The Labute approximate surface area is 145 Å². The summed E-state index contributed by atoms with van der Waals surface area (Å²) in [5, 5.41) is 2.08. The fourth-order valence-corrected chi connectivity index (χ4v) is 4.32. The number of rotatable bonds is 3. The predicted molar refractivity (Wildman–Crippen MR) is 94.6 cm³/mol. The fraction of sp³-hybridized carbons (Fsp3) is 0.444. The van der Waals surface area contributed by atoms with E-state index in [1.165, 1.54) is 4.88 Å². The number of likely N-dealkylation sites (tertiary alicyclic amines) is 1. The van der Waals surface area contributed by atoms with Crippen LogP contribution in [-0.2, 0) is 4.74 Å². The summed E-state index contributed by atoms with van der Waals surface area (Å²) in [6.45, 7) is 4.00. The van der Waals surface area contributed by atoms with Crippen LogP contribution < -0.4 is 4.90 Å². The molecule has 0 N–H and O–H groups in total. The van der Waals surface area contributed by atoms with Crippen molar-refractivity contribution in [2.45, 2.75) is 18.9 Å². The molecule has 0 aliphatic carbocycles. The Morgan fingerprint density at radius 2 is 2.08 bits per heavy atom. The van der Waals surface area contributed by atoms with Crippen molar-refractivity contribution in [2.75, 3.05) is 37.7 Å². The van der Waals surface area contributed by atoms with Crippen molar-refractivity contribution in [2.24, 2.45) is 0 Å². The number of hydrogen-bond donors (Lipinski definition) is 0. The van der Waals surface area contributed by atoms with Gasteiger partial charge in [0, 0.05) is 30.7 Å². The number of ether oxygens (including phenoxy) is 1. The van der Waals surface area contributed by atoms with E-state index in [4.69, 9.17) is 4.74 Å². The Bertz CT molecular complexity index is 681. The molecule has 2 fully saturated rings. The summed E-state index contributed by atoms with van der Waals surface area (Å²) in [6, 6.07) is 8.26. The summed E-state index contributed by atoms with van der Waals surface area (Å²) in [7, 11) is 0. The maximum absolute atomic E-state index is 12.9. The van der Waals surface area contributed by atoms with Gasteiger partial charge < -0.3 is 14.5 Å². The lowest BCUT2D eigenvalue weighted by molar-refractivity contribution is 0.0737. The summed E-state index contributed by atoms with van der Waals surface area (Å²) < 4.78 is 5.37. The third kappa shape index (κ3) is 3.03. The number of amides is 1. The summed E-state index contributed by atoms with van der Waals surface area (Å²) >= 11 is 1.73. The van der Waals surface area contributed by atoms with E-state index in [0.717, 1.165) is 51.5 Å². The minimum Gasteiger partial charge on any atom is -0.378 e. The van der Waals surface area contributed by atoms with E-state index in [1.54, 1.807) is 17.5 Å². The van der Waals surface area contributed by atoms with E-state index in [0.29, 0.717) is 5.56 Å². The van der Waals surface area contributed by atoms with Crippen molar-refractivity contribution in [3.8, 4) is 0 Å². The third-order valence-electron chi connectivity index (χ3n) is 4.72. The molecule has 6 heteroatoms. The normalized spacial score (nSPS) is 21.2. The minimum atomic E-state index is 0.0897. The average molecular weight is 343 g/mol. The Morgan fingerprint density at radius 1 is 1.21 bits per heavy atom. The first-order valence-electron chi connectivity index (χ1n) is 8.46. The molecule has 4 heterocycles. The second-order valence-electron chi connectivity index (χ2n) is 6.18. The second-order valence-corrected chi connectivity index (χ2v) is 7.16. The monoisotopic (exact) mass is 343 g/mol. The summed E-state index contributed by atoms with van der Waals surface area (Å²) in [4.78, 5) is 22.9. The van der Waals surface area contributed by atoms with Gasteiger partial charge in [-0.2, -0.15) is 0 Å². The molecule has 2 aliphatic heterocycles. The van der Waals surface area contributed by atoms with Crippen molar-refractivity contribution >= 4 is 23.1 Å². The van der Waals surface area contributed by atoms with E-state index in [-0.39, 0.29) is 11.9 Å². The number of anilines is 1. The zero-order chi connectivity index (χ0) is 16.4. The van der Waals surface area contributed by atoms with E-state index < -0.39 is 0 Å². The van der Waals surface area contributed by atoms with Crippen LogP contribution in [0.1, 0.15) is 34.1 Å². The average Bonchev–Trinajstić information content (AvgIpc) is 3.33. The molecule has 0 bridgehead atoms. The molecule has 0 spiro atoms. The number of morpholine rings is 1.